The molecule has 0 amide bonds. The number of nitrogens with zero attached hydrogens (tertiary/aromatic N) is 1. The Labute approximate surface area is 181 Å². The van der Waals surface area contributed by atoms with Crippen LogP contribution in [-0.2, 0) is 23.1 Å². The van der Waals surface area contributed by atoms with Crippen LogP contribution in [0.15, 0.2) is 52.4 Å². The molecule has 28 heavy (non-hydrogen) atoms. The molecule has 10 heteroatoms. The highest BCUT2D eigenvalue weighted by Gasteiger charge is 2.13. The van der Waals surface area contributed by atoms with Crippen LogP contribution in [0.1, 0.15) is 18.1 Å². The first-order valence-corrected chi connectivity index (χ1v) is 10.0. The van der Waals surface area contributed by atoms with Crippen molar-refractivity contribution < 1.29 is 17.9 Å². The molecule has 4 N–H and O–H groups in total. The summed E-state index contributed by atoms with van der Waals surface area (Å²) in [5.74, 6) is 2.14. The predicted molar refractivity (Wildman–Crippen MR) is 117 cm³/mol. The number of rotatable bonds is 6. The first-order valence-electron chi connectivity index (χ1n) is 8.48. The number of hydrogen-bond acceptors (Lipinski definition) is 5. The highest BCUT2D eigenvalue weighted by molar-refractivity contribution is 14.0. The van der Waals surface area contributed by atoms with Gasteiger partial charge in [-0.05, 0) is 42.3 Å². The minimum absolute atomic E-state index is 0. The van der Waals surface area contributed by atoms with E-state index in [1.807, 2.05) is 25.1 Å². The topological polar surface area (TPSA) is 115 Å². The lowest BCUT2D eigenvalue weighted by Crippen LogP contribution is -2.36. The van der Waals surface area contributed by atoms with E-state index in [2.05, 4.69) is 15.6 Å². The number of fused-ring (bicyclic) bond motifs is 1. The molecule has 0 atom stereocenters. The van der Waals surface area contributed by atoms with Gasteiger partial charge in [-0.25, -0.2) is 18.5 Å². The van der Waals surface area contributed by atoms with Gasteiger partial charge in [0.1, 0.15) is 0 Å². The molecular weight excluding hydrogens is 495 g/mol. The van der Waals surface area contributed by atoms with E-state index in [1.165, 1.54) is 12.1 Å². The largest absolute Gasteiger partial charge is 0.454 e. The van der Waals surface area contributed by atoms with Gasteiger partial charge in [0, 0.05) is 13.1 Å². The quantitative estimate of drug-likeness (QED) is 0.306. The molecule has 0 saturated heterocycles. The maximum Gasteiger partial charge on any atom is 0.238 e. The van der Waals surface area contributed by atoms with E-state index in [0.717, 1.165) is 29.2 Å². The molecule has 0 aliphatic carbocycles. The second-order valence-electron chi connectivity index (χ2n) is 5.93. The first-order chi connectivity index (χ1) is 13.0. The zero-order valence-corrected chi connectivity index (χ0v) is 18.5. The van der Waals surface area contributed by atoms with Crippen LogP contribution in [0, 0.1) is 0 Å². The lowest BCUT2D eigenvalue weighted by atomic mass is 10.2. The molecule has 2 aromatic rings. The maximum atomic E-state index is 11.3. The molecule has 152 valence electrons. The number of hydrogen-bond donors (Lipinski definition) is 3. The fourth-order valence-corrected chi connectivity index (χ4v) is 3.05. The Morgan fingerprint density at radius 3 is 2.43 bits per heavy atom. The van der Waals surface area contributed by atoms with Crippen molar-refractivity contribution in [2.75, 3.05) is 13.3 Å². The number of primary sulfonamides is 1. The number of halogens is 1. The molecule has 1 aliphatic rings. The summed E-state index contributed by atoms with van der Waals surface area (Å²) in [6.07, 6.45) is 0. The molecule has 2 aromatic carbocycles. The number of guanidine groups is 1. The molecule has 0 saturated carbocycles. The second kappa shape index (κ2) is 9.94. The van der Waals surface area contributed by atoms with Gasteiger partial charge in [-0.1, -0.05) is 18.2 Å². The van der Waals surface area contributed by atoms with Gasteiger partial charge in [0.05, 0.1) is 11.4 Å². The molecule has 0 radical (unpaired) electrons. The average Bonchev–Trinajstić information content (AvgIpc) is 3.11. The van der Waals surface area contributed by atoms with Crippen molar-refractivity contribution >= 4 is 40.0 Å². The van der Waals surface area contributed by atoms with Crippen molar-refractivity contribution in [3.8, 4) is 11.5 Å². The minimum atomic E-state index is -3.68. The summed E-state index contributed by atoms with van der Waals surface area (Å²) in [4.78, 5) is 4.66. The summed E-state index contributed by atoms with van der Waals surface area (Å²) in [7, 11) is -3.68. The molecule has 0 bridgehead atoms. The van der Waals surface area contributed by atoms with Crippen LogP contribution in [0.2, 0.25) is 0 Å². The van der Waals surface area contributed by atoms with Crippen LogP contribution in [0.25, 0.3) is 0 Å². The third-order valence-corrected chi connectivity index (χ3v) is 4.84. The van der Waals surface area contributed by atoms with Crippen LogP contribution in [-0.4, -0.2) is 27.7 Å². The number of sulfonamides is 1. The number of nitrogens with one attached hydrogen (secondary N) is 2. The normalized spacial score (nSPS) is 13.0. The standard InChI is InChI=1S/C18H22N4O4S.HI/c1-2-20-18(21-10-13-3-6-15(7-4-13)27(19,23)24)22-11-14-5-8-16-17(9-14)26-12-25-16;/h3-9H,2,10-12H2,1H3,(H2,19,23,24)(H2,20,21,22);1H. The molecule has 1 aliphatic heterocycles. The third-order valence-electron chi connectivity index (χ3n) is 3.91. The zero-order valence-electron chi connectivity index (χ0n) is 15.3. The van der Waals surface area contributed by atoms with E-state index in [1.54, 1.807) is 12.1 Å². The van der Waals surface area contributed by atoms with E-state index in [0.29, 0.717) is 19.0 Å². The van der Waals surface area contributed by atoms with Gasteiger partial charge in [0.15, 0.2) is 17.5 Å². The summed E-state index contributed by atoms with van der Waals surface area (Å²) in [5, 5.41) is 11.5. The Morgan fingerprint density at radius 2 is 1.75 bits per heavy atom. The SMILES string of the molecule is CCNC(=NCc1ccc2c(c1)OCO2)NCc1ccc(S(N)(=O)=O)cc1.I. The van der Waals surface area contributed by atoms with Crippen LogP contribution >= 0.6 is 24.0 Å². The molecule has 0 unspecified atom stereocenters. The van der Waals surface area contributed by atoms with Gasteiger partial charge in [-0.15, -0.1) is 24.0 Å². The monoisotopic (exact) mass is 518 g/mol. The fourth-order valence-electron chi connectivity index (χ4n) is 2.53. The Hall–Kier alpha value is -2.05. The summed E-state index contributed by atoms with van der Waals surface area (Å²) in [6.45, 7) is 3.93. The van der Waals surface area contributed by atoms with Crippen molar-refractivity contribution in [3.63, 3.8) is 0 Å². The van der Waals surface area contributed by atoms with Crippen molar-refractivity contribution in [1.82, 2.24) is 10.6 Å². The number of nitrogens with two attached hydrogens (primary N) is 1. The Balaban J connectivity index is 0.00000280. The van der Waals surface area contributed by atoms with Gasteiger partial charge >= 0.3 is 0 Å². The molecule has 0 fully saturated rings. The van der Waals surface area contributed by atoms with E-state index in [-0.39, 0.29) is 35.7 Å². The van der Waals surface area contributed by atoms with Crippen molar-refractivity contribution in [3.05, 3.63) is 53.6 Å². The Morgan fingerprint density at radius 1 is 1.07 bits per heavy atom. The fraction of sp³-hybridized carbons (Fsp3) is 0.278. The molecule has 3 rings (SSSR count). The molecule has 1 heterocycles. The van der Waals surface area contributed by atoms with Gasteiger partial charge in [-0.2, -0.15) is 0 Å². The zero-order chi connectivity index (χ0) is 19.3. The first kappa shape index (κ1) is 22.2. The lowest BCUT2D eigenvalue weighted by molar-refractivity contribution is 0.174. The van der Waals surface area contributed by atoms with Gasteiger partial charge in [0.25, 0.3) is 0 Å². The van der Waals surface area contributed by atoms with Gasteiger partial charge < -0.3 is 20.1 Å². The van der Waals surface area contributed by atoms with Crippen LogP contribution in [0.3, 0.4) is 0 Å². The molecular formula is C18H23IN4O4S. The van der Waals surface area contributed by atoms with Crippen molar-refractivity contribution in [1.29, 1.82) is 0 Å². The van der Waals surface area contributed by atoms with Crippen molar-refractivity contribution in [2.45, 2.75) is 24.9 Å². The van der Waals surface area contributed by atoms with E-state index >= 15 is 0 Å². The minimum Gasteiger partial charge on any atom is -0.454 e. The summed E-state index contributed by atoms with van der Waals surface area (Å²) >= 11 is 0. The predicted octanol–water partition coefficient (Wildman–Crippen LogP) is 1.94. The molecule has 0 spiro atoms. The van der Waals surface area contributed by atoms with Gasteiger partial charge in [0.2, 0.25) is 16.8 Å². The smallest absolute Gasteiger partial charge is 0.238 e. The Kier molecular flexibility index (Phi) is 7.89. The summed E-state index contributed by atoms with van der Waals surface area (Å²) < 4.78 is 33.3. The second-order valence-corrected chi connectivity index (χ2v) is 7.49. The number of ether oxygens (including phenoxy) is 2. The highest BCUT2D eigenvalue weighted by atomic mass is 127. The van der Waals surface area contributed by atoms with Crippen LogP contribution in [0.5, 0.6) is 11.5 Å². The summed E-state index contributed by atoms with van der Waals surface area (Å²) in [5.41, 5.74) is 1.92. The number of aliphatic imine (C=N–C) groups is 1. The van der Waals surface area contributed by atoms with E-state index in [4.69, 9.17) is 14.6 Å². The van der Waals surface area contributed by atoms with Crippen LogP contribution < -0.4 is 25.2 Å². The highest BCUT2D eigenvalue weighted by Crippen LogP contribution is 2.32. The summed E-state index contributed by atoms with van der Waals surface area (Å²) in [6, 6.07) is 12.2. The Bertz CT molecular complexity index is 933. The molecule has 8 nitrogen and oxygen atoms in total. The average molecular weight is 518 g/mol. The third kappa shape index (κ3) is 5.97. The lowest BCUT2D eigenvalue weighted by Gasteiger charge is -2.12. The van der Waals surface area contributed by atoms with Gasteiger partial charge in [-0.3, -0.25) is 0 Å². The van der Waals surface area contributed by atoms with Crippen molar-refractivity contribution in [2.24, 2.45) is 10.1 Å². The van der Waals surface area contributed by atoms with E-state index in [9.17, 15) is 8.42 Å². The van der Waals surface area contributed by atoms with E-state index < -0.39 is 10.0 Å². The maximum absolute atomic E-state index is 11.3. The number of benzene rings is 2. The molecule has 0 aromatic heterocycles. The van der Waals surface area contributed by atoms with Crippen LogP contribution in [0.4, 0.5) is 0 Å².